The molecule has 0 N–H and O–H groups in total. The van der Waals surface area contributed by atoms with Crippen molar-refractivity contribution in [1.82, 2.24) is 19.6 Å². The molecule has 2 aromatic heterocycles. The van der Waals surface area contributed by atoms with Crippen molar-refractivity contribution < 1.29 is 9.47 Å². The largest absolute Gasteiger partial charge is 0.382 e. The van der Waals surface area contributed by atoms with Gasteiger partial charge in [-0.3, -0.25) is 4.40 Å². The molecule has 0 aromatic carbocycles. The monoisotopic (exact) mass is 256 g/mol. The summed E-state index contributed by atoms with van der Waals surface area (Å²) in [6.07, 6.45) is 0. The van der Waals surface area contributed by atoms with Crippen LogP contribution < -0.4 is 0 Å². The number of nitrogens with zero attached hydrogens (tertiary/aromatic N) is 4. The summed E-state index contributed by atoms with van der Waals surface area (Å²) < 4.78 is 12.1. The average Bonchev–Trinajstić information content (AvgIpc) is 2.68. The molecule has 0 radical (unpaired) electrons. The second kappa shape index (κ2) is 5.39. The van der Waals surface area contributed by atoms with Gasteiger partial charge in [0.25, 0.3) is 0 Å². The maximum atomic E-state index is 5.84. The van der Waals surface area contributed by atoms with Crippen LogP contribution in [0, 0.1) is 6.92 Å². The van der Waals surface area contributed by atoms with E-state index in [9.17, 15) is 0 Å². The van der Waals surface area contributed by atoms with Gasteiger partial charge in [-0.05, 0) is 6.92 Å². The zero-order valence-corrected chi connectivity index (χ0v) is 10.4. The normalized spacial score (nSPS) is 11.2. The molecular weight excluding hydrogens is 244 g/mol. The van der Waals surface area contributed by atoms with Crippen molar-refractivity contribution in [3.8, 4) is 0 Å². The highest BCUT2D eigenvalue weighted by atomic mass is 35.5. The van der Waals surface area contributed by atoms with E-state index in [0.29, 0.717) is 36.4 Å². The van der Waals surface area contributed by atoms with Gasteiger partial charge >= 0.3 is 0 Å². The number of methoxy groups -OCH3 is 1. The van der Waals surface area contributed by atoms with Crippen LogP contribution >= 0.6 is 11.6 Å². The van der Waals surface area contributed by atoms with Crippen LogP contribution in [0.25, 0.3) is 5.65 Å². The first kappa shape index (κ1) is 12.2. The Balaban J connectivity index is 2.18. The fraction of sp³-hybridized carbons (Fsp3) is 0.500. The van der Waals surface area contributed by atoms with Crippen molar-refractivity contribution in [3.63, 3.8) is 0 Å². The zero-order chi connectivity index (χ0) is 12.3. The first-order valence-electron chi connectivity index (χ1n) is 5.16. The van der Waals surface area contributed by atoms with Gasteiger partial charge in [0.15, 0.2) is 11.5 Å². The van der Waals surface area contributed by atoms with Gasteiger partial charge in [-0.15, -0.1) is 10.2 Å². The Bertz CT molecular complexity index is 514. The Hall–Kier alpha value is -1.24. The predicted molar refractivity (Wildman–Crippen MR) is 62.1 cm³/mol. The minimum absolute atomic E-state index is 0.370. The average molecular weight is 257 g/mol. The van der Waals surface area contributed by atoms with Crippen LogP contribution in [0.3, 0.4) is 0 Å². The SMILES string of the molecule is COCCOCc1nnc2cc(Cl)nc(C)n12. The minimum atomic E-state index is 0.370. The number of rotatable bonds is 5. The summed E-state index contributed by atoms with van der Waals surface area (Å²) in [5, 5.41) is 8.47. The van der Waals surface area contributed by atoms with Gasteiger partial charge < -0.3 is 9.47 Å². The van der Waals surface area contributed by atoms with E-state index in [1.54, 1.807) is 13.2 Å². The lowest BCUT2D eigenvalue weighted by atomic mass is 10.5. The van der Waals surface area contributed by atoms with Gasteiger partial charge in [0.1, 0.15) is 17.6 Å². The van der Waals surface area contributed by atoms with Gasteiger partial charge in [-0.25, -0.2) is 4.98 Å². The van der Waals surface area contributed by atoms with Crippen LogP contribution in [-0.2, 0) is 16.1 Å². The fourth-order valence-electron chi connectivity index (χ4n) is 1.52. The molecule has 0 saturated carbocycles. The second-order valence-corrected chi connectivity index (χ2v) is 3.87. The number of aromatic nitrogens is 4. The van der Waals surface area contributed by atoms with Gasteiger partial charge in [-0.1, -0.05) is 11.6 Å². The molecule has 0 fully saturated rings. The van der Waals surface area contributed by atoms with E-state index in [4.69, 9.17) is 21.1 Å². The van der Waals surface area contributed by atoms with Crippen molar-refractivity contribution >= 4 is 17.2 Å². The third-order valence-corrected chi connectivity index (χ3v) is 2.45. The van der Waals surface area contributed by atoms with Gasteiger partial charge in [-0.2, -0.15) is 0 Å². The summed E-state index contributed by atoms with van der Waals surface area (Å²) in [5.74, 6) is 1.45. The van der Waals surface area contributed by atoms with Crippen LogP contribution in [0.15, 0.2) is 6.07 Å². The molecule has 2 rings (SSSR count). The fourth-order valence-corrected chi connectivity index (χ4v) is 1.74. The quantitative estimate of drug-likeness (QED) is 0.595. The summed E-state index contributed by atoms with van der Waals surface area (Å²) in [4.78, 5) is 4.15. The van der Waals surface area contributed by atoms with Crippen LogP contribution in [0.1, 0.15) is 11.6 Å². The van der Waals surface area contributed by atoms with Crippen LogP contribution in [0.5, 0.6) is 0 Å². The van der Waals surface area contributed by atoms with E-state index in [1.807, 2.05) is 11.3 Å². The highest BCUT2D eigenvalue weighted by molar-refractivity contribution is 6.29. The van der Waals surface area contributed by atoms with Crippen molar-refractivity contribution in [2.45, 2.75) is 13.5 Å². The highest BCUT2D eigenvalue weighted by Gasteiger charge is 2.09. The summed E-state index contributed by atoms with van der Waals surface area (Å²) in [6.45, 7) is 3.29. The Morgan fingerprint density at radius 3 is 2.94 bits per heavy atom. The predicted octanol–water partition coefficient (Wildman–Crippen LogP) is 1.25. The van der Waals surface area contributed by atoms with Crippen LogP contribution in [0.2, 0.25) is 5.15 Å². The van der Waals surface area contributed by atoms with Crippen LogP contribution in [0.4, 0.5) is 0 Å². The Kier molecular flexibility index (Phi) is 3.88. The molecule has 0 atom stereocenters. The lowest BCUT2D eigenvalue weighted by Gasteiger charge is -2.04. The van der Waals surface area contributed by atoms with Gasteiger partial charge in [0.05, 0.1) is 13.2 Å². The van der Waals surface area contributed by atoms with Crippen molar-refractivity contribution in [3.05, 3.63) is 22.9 Å². The molecule has 2 heterocycles. The Labute approximate surface area is 104 Å². The Morgan fingerprint density at radius 1 is 1.35 bits per heavy atom. The first-order chi connectivity index (χ1) is 8.22. The standard InChI is InChI=1S/C10H13ClN4O2/c1-7-12-8(11)5-9-13-14-10(15(7)9)6-17-4-3-16-2/h5H,3-4,6H2,1-2H3. The van der Waals surface area contributed by atoms with E-state index in [-0.39, 0.29) is 0 Å². The topological polar surface area (TPSA) is 61.5 Å². The smallest absolute Gasteiger partial charge is 0.165 e. The van der Waals surface area contributed by atoms with E-state index in [1.165, 1.54) is 0 Å². The lowest BCUT2D eigenvalue weighted by molar-refractivity contribution is 0.0582. The van der Waals surface area contributed by atoms with E-state index in [2.05, 4.69) is 15.2 Å². The van der Waals surface area contributed by atoms with E-state index in [0.717, 1.165) is 5.82 Å². The molecule has 0 bridgehead atoms. The Morgan fingerprint density at radius 2 is 2.18 bits per heavy atom. The third kappa shape index (κ3) is 2.71. The number of aryl methyl sites for hydroxylation is 1. The lowest BCUT2D eigenvalue weighted by Crippen LogP contribution is -2.06. The summed E-state index contributed by atoms with van der Waals surface area (Å²) in [7, 11) is 1.63. The number of fused-ring (bicyclic) bond motifs is 1. The number of ether oxygens (including phenoxy) is 2. The maximum Gasteiger partial charge on any atom is 0.165 e. The zero-order valence-electron chi connectivity index (χ0n) is 9.68. The first-order valence-corrected chi connectivity index (χ1v) is 5.54. The molecule has 17 heavy (non-hydrogen) atoms. The molecule has 0 aliphatic carbocycles. The number of hydrogen-bond acceptors (Lipinski definition) is 5. The highest BCUT2D eigenvalue weighted by Crippen LogP contribution is 2.12. The minimum Gasteiger partial charge on any atom is -0.382 e. The van der Waals surface area contributed by atoms with E-state index < -0.39 is 0 Å². The molecule has 0 saturated heterocycles. The third-order valence-electron chi connectivity index (χ3n) is 2.26. The molecule has 0 spiro atoms. The summed E-state index contributed by atoms with van der Waals surface area (Å²) in [5.41, 5.74) is 0.674. The molecule has 7 heteroatoms. The maximum absolute atomic E-state index is 5.84. The summed E-state index contributed by atoms with van der Waals surface area (Å²) >= 11 is 5.84. The number of hydrogen-bond donors (Lipinski definition) is 0. The molecule has 0 aliphatic heterocycles. The van der Waals surface area contributed by atoms with Crippen molar-refractivity contribution in [2.75, 3.05) is 20.3 Å². The van der Waals surface area contributed by atoms with Gasteiger partial charge in [0.2, 0.25) is 0 Å². The van der Waals surface area contributed by atoms with Crippen LogP contribution in [-0.4, -0.2) is 39.9 Å². The second-order valence-electron chi connectivity index (χ2n) is 3.48. The molecule has 6 nitrogen and oxygen atoms in total. The molecule has 92 valence electrons. The van der Waals surface area contributed by atoms with Crippen molar-refractivity contribution in [1.29, 1.82) is 0 Å². The molecule has 0 unspecified atom stereocenters. The molecule has 0 amide bonds. The van der Waals surface area contributed by atoms with Crippen molar-refractivity contribution in [2.24, 2.45) is 0 Å². The molecule has 2 aromatic rings. The summed E-state index contributed by atoms with van der Waals surface area (Å²) in [6, 6.07) is 1.67. The molecule has 0 aliphatic rings. The number of halogens is 1. The van der Waals surface area contributed by atoms with Gasteiger partial charge in [0, 0.05) is 13.2 Å². The molecular formula is C10H13ClN4O2. The van der Waals surface area contributed by atoms with E-state index >= 15 is 0 Å².